The van der Waals surface area contributed by atoms with Crippen molar-refractivity contribution in [3.8, 4) is 11.5 Å². The summed E-state index contributed by atoms with van der Waals surface area (Å²) in [5.41, 5.74) is 1.58. The van der Waals surface area contributed by atoms with Gasteiger partial charge in [-0.15, -0.1) is 0 Å². The van der Waals surface area contributed by atoms with Gasteiger partial charge in [-0.3, -0.25) is 13.9 Å². The first kappa shape index (κ1) is 30.9. The number of hydrogen-bond donors (Lipinski definition) is 1. The lowest BCUT2D eigenvalue weighted by atomic mass is 10.0. The highest BCUT2D eigenvalue weighted by atomic mass is 32.2. The average molecular weight is 594 g/mol. The highest BCUT2D eigenvalue weighted by Gasteiger charge is 2.35. The lowest BCUT2D eigenvalue weighted by Crippen LogP contribution is -2.55. The lowest BCUT2D eigenvalue weighted by molar-refractivity contribution is -0.141. The number of rotatable bonds is 10. The first-order valence-electron chi connectivity index (χ1n) is 14.0. The Kier molecular flexibility index (Phi) is 9.46. The van der Waals surface area contributed by atoms with Gasteiger partial charge in [-0.25, -0.2) is 8.42 Å². The first-order chi connectivity index (χ1) is 19.9. The number of fused-ring (bicyclic) bond motifs is 1. The molecule has 1 aliphatic rings. The molecular formula is C32H39N3O6S. The molecule has 0 saturated carbocycles. The third kappa shape index (κ3) is 7.42. The van der Waals surface area contributed by atoms with Crippen LogP contribution in [0.25, 0.3) is 0 Å². The number of benzene rings is 3. The van der Waals surface area contributed by atoms with Crippen LogP contribution in [0.3, 0.4) is 0 Å². The van der Waals surface area contributed by atoms with Crippen molar-refractivity contribution in [1.82, 2.24) is 10.2 Å². The molecule has 1 atom stereocenters. The fourth-order valence-electron chi connectivity index (χ4n) is 4.82. The Morgan fingerprint density at radius 2 is 1.62 bits per heavy atom. The summed E-state index contributed by atoms with van der Waals surface area (Å²) in [4.78, 5) is 29.2. The molecule has 0 aromatic heterocycles. The van der Waals surface area contributed by atoms with Gasteiger partial charge < -0.3 is 19.7 Å². The van der Waals surface area contributed by atoms with E-state index in [4.69, 9.17) is 9.47 Å². The number of amides is 2. The number of hydrogen-bond acceptors (Lipinski definition) is 6. The number of anilines is 1. The number of ether oxygens (including phenoxy) is 2. The van der Waals surface area contributed by atoms with Crippen molar-refractivity contribution in [2.75, 3.05) is 24.1 Å². The number of nitrogens with zero attached hydrogens (tertiary/aromatic N) is 2. The Balaban J connectivity index is 1.76. The van der Waals surface area contributed by atoms with E-state index in [1.165, 1.54) is 17.0 Å². The van der Waals surface area contributed by atoms with Gasteiger partial charge in [0.05, 0.1) is 10.6 Å². The van der Waals surface area contributed by atoms with Crippen LogP contribution in [0.4, 0.5) is 5.69 Å². The Bertz CT molecular complexity index is 1520. The van der Waals surface area contributed by atoms with E-state index in [1.807, 2.05) is 58.9 Å². The van der Waals surface area contributed by atoms with Gasteiger partial charge >= 0.3 is 0 Å². The second-order valence-electron chi connectivity index (χ2n) is 11.3. The minimum Gasteiger partial charge on any atom is -0.486 e. The summed E-state index contributed by atoms with van der Waals surface area (Å²) in [6.45, 7) is 9.74. The quantitative estimate of drug-likeness (QED) is 0.366. The van der Waals surface area contributed by atoms with Crippen LogP contribution in [0.2, 0.25) is 0 Å². The minimum atomic E-state index is -4.18. The van der Waals surface area contributed by atoms with Gasteiger partial charge in [0.25, 0.3) is 10.0 Å². The third-order valence-corrected chi connectivity index (χ3v) is 8.53. The van der Waals surface area contributed by atoms with E-state index in [0.717, 1.165) is 15.4 Å². The maximum absolute atomic E-state index is 14.2. The topological polar surface area (TPSA) is 105 Å². The van der Waals surface area contributed by atoms with E-state index in [9.17, 15) is 18.0 Å². The summed E-state index contributed by atoms with van der Waals surface area (Å²) < 4.78 is 40.5. The zero-order chi connectivity index (χ0) is 30.5. The van der Waals surface area contributed by atoms with Crippen LogP contribution in [0.15, 0.2) is 77.7 Å². The summed E-state index contributed by atoms with van der Waals surface area (Å²) in [6, 6.07) is 19.6. The van der Waals surface area contributed by atoms with Gasteiger partial charge in [0.15, 0.2) is 11.5 Å². The molecule has 0 bridgehead atoms. The summed E-state index contributed by atoms with van der Waals surface area (Å²) in [6.07, 6.45) is 0.342. The molecule has 1 heterocycles. The van der Waals surface area contributed by atoms with Crippen molar-refractivity contribution >= 4 is 27.5 Å². The number of carbonyl (C=O) groups excluding carboxylic acids is 2. The standard InChI is InChI=1S/C32H39N3O6S/c1-6-27(31(37)33-32(3,4)5)34(21-24-12-10-11-23(2)19-24)30(36)22-35(42(38,39)26-13-8-7-9-14-26)25-15-16-28-29(20-25)41-18-17-40-28/h7-16,19-20,27H,6,17-18,21-22H2,1-5H3,(H,33,37)/t27-/m0/s1. The maximum Gasteiger partial charge on any atom is 0.264 e. The second kappa shape index (κ2) is 12.9. The predicted molar refractivity (Wildman–Crippen MR) is 162 cm³/mol. The number of aryl methyl sites for hydroxylation is 1. The molecule has 2 amide bonds. The van der Waals surface area contributed by atoms with E-state index in [2.05, 4.69) is 5.32 Å². The molecule has 0 radical (unpaired) electrons. The normalized spacial score (nSPS) is 13.6. The first-order valence-corrected chi connectivity index (χ1v) is 15.5. The summed E-state index contributed by atoms with van der Waals surface area (Å²) in [5.74, 6) is 0.0797. The van der Waals surface area contributed by atoms with Crippen molar-refractivity contribution in [2.45, 2.75) is 64.1 Å². The van der Waals surface area contributed by atoms with E-state index >= 15 is 0 Å². The fourth-order valence-corrected chi connectivity index (χ4v) is 6.24. The zero-order valence-corrected chi connectivity index (χ0v) is 25.6. The van der Waals surface area contributed by atoms with Gasteiger partial charge in [0, 0.05) is 18.2 Å². The molecule has 9 nitrogen and oxygen atoms in total. The zero-order valence-electron chi connectivity index (χ0n) is 24.8. The van der Waals surface area contributed by atoms with E-state index in [-0.39, 0.29) is 23.0 Å². The molecular weight excluding hydrogens is 554 g/mol. The van der Waals surface area contributed by atoms with Crippen LogP contribution in [0.5, 0.6) is 11.5 Å². The van der Waals surface area contributed by atoms with E-state index in [1.54, 1.807) is 36.4 Å². The largest absolute Gasteiger partial charge is 0.486 e. The Hall–Kier alpha value is -4.05. The van der Waals surface area contributed by atoms with Crippen LogP contribution < -0.4 is 19.1 Å². The molecule has 0 spiro atoms. The molecule has 0 aliphatic carbocycles. The Morgan fingerprint density at radius 1 is 0.929 bits per heavy atom. The van der Waals surface area contributed by atoms with Gasteiger partial charge in [-0.05, 0) is 63.9 Å². The molecule has 224 valence electrons. The Morgan fingerprint density at radius 3 is 2.26 bits per heavy atom. The molecule has 0 unspecified atom stereocenters. The van der Waals surface area contributed by atoms with E-state index < -0.39 is 34.1 Å². The number of sulfonamides is 1. The average Bonchev–Trinajstić information content (AvgIpc) is 2.95. The highest BCUT2D eigenvalue weighted by Crippen LogP contribution is 2.36. The van der Waals surface area contributed by atoms with Crippen LogP contribution in [0, 0.1) is 6.92 Å². The SMILES string of the molecule is CC[C@@H](C(=O)NC(C)(C)C)N(Cc1cccc(C)c1)C(=O)CN(c1ccc2c(c1)OCCO2)S(=O)(=O)c1ccccc1. The van der Waals surface area contributed by atoms with Crippen LogP contribution >= 0.6 is 0 Å². The molecule has 1 N–H and O–H groups in total. The molecule has 10 heteroatoms. The summed E-state index contributed by atoms with van der Waals surface area (Å²) in [7, 11) is -4.18. The highest BCUT2D eigenvalue weighted by molar-refractivity contribution is 7.92. The molecule has 4 rings (SSSR count). The van der Waals surface area contributed by atoms with Crippen molar-refractivity contribution in [3.63, 3.8) is 0 Å². The fraction of sp³-hybridized carbons (Fsp3) is 0.375. The molecule has 3 aromatic rings. The van der Waals surface area contributed by atoms with Gasteiger partial charge in [-0.1, -0.05) is 55.0 Å². The molecule has 0 saturated heterocycles. The van der Waals surface area contributed by atoms with Crippen molar-refractivity contribution in [1.29, 1.82) is 0 Å². The number of carbonyl (C=O) groups is 2. The summed E-state index contributed by atoms with van der Waals surface area (Å²) in [5, 5.41) is 2.98. The smallest absolute Gasteiger partial charge is 0.264 e. The molecule has 42 heavy (non-hydrogen) atoms. The third-order valence-electron chi connectivity index (χ3n) is 6.74. The van der Waals surface area contributed by atoms with Crippen LogP contribution in [-0.2, 0) is 26.2 Å². The van der Waals surface area contributed by atoms with Gasteiger partial charge in [-0.2, -0.15) is 0 Å². The minimum absolute atomic E-state index is 0.0374. The predicted octanol–water partition coefficient (Wildman–Crippen LogP) is 4.68. The van der Waals surface area contributed by atoms with Crippen LogP contribution in [-0.4, -0.2) is 56.5 Å². The van der Waals surface area contributed by atoms with Crippen molar-refractivity contribution < 1.29 is 27.5 Å². The van der Waals surface area contributed by atoms with Crippen LogP contribution in [0.1, 0.15) is 45.2 Å². The Labute approximate surface area is 248 Å². The maximum atomic E-state index is 14.2. The number of nitrogens with one attached hydrogen (secondary N) is 1. The van der Waals surface area contributed by atoms with Crippen molar-refractivity contribution in [2.24, 2.45) is 0 Å². The summed E-state index contributed by atoms with van der Waals surface area (Å²) >= 11 is 0. The lowest BCUT2D eigenvalue weighted by Gasteiger charge is -2.35. The van der Waals surface area contributed by atoms with Gasteiger partial charge in [0.2, 0.25) is 11.8 Å². The van der Waals surface area contributed by atoms with Gasteiger partial charge in [0.1, 0.15) is 25.8 Å². The molecule has 1 aliphatic heterocycles. The monoisotopic (exact) mass is 593 g/mol. The molecule has 3 aromatic carbocycles. The molecule has 0 fully saturated rings. The van der Waals surface area contributed by atoms with Crippen molar-refractivity contribution in [3.05, 3.63) is 83.9 Å². The van der Waals surface area contributed by atoms with E-state index in [0.29, 0.717) is 31.1 Å². The second-order valence-corrected chi connectivity index (χ2v) is 13.2.